The van der Waals surface area contributed by atoms with Gasteiger partial charge in [0.2, 0.25) is 5.91 Å². The first-order chi connectivity index (χ1) is 18.5. The molecule has 3 N–H and O–H groups in total. The van der Waals surface area contributed by atoms with E-state index in [0.717, 1.165) is 5.56 Å². The number of methoxy groups -OCH3 is 1. The third kappa shape index (κ3) is 9.96. The van der Waals surface area contributed by atoms with Crippen LogP contribution in [0.15, 0.2) is 55.1 Å². The Hall–Kier alpha value is -3.50. The number of hydrogen-bond acceptors (Lipinski definition) is 7. The molecular weight excluding hydrogens is 518 g/mol. The number of hydrogen-bond donors (Lipinski definition) is 3. The van der Waals surface area contributed by atoms with Crippen LogP contribution in [0.2, 0.25) is 0 Å². The minimum atomic E-state index is -1.11. The van der Waals surface area contributed by atoms with E-state index in [1.807, 2.05) is 12.3 Å². The Labute approximate surface area is 234 Å². The van der Waals surface area contributed by atoms with Crippen molar-refractivity contribution in [1.29, 1.82) is 0 Å². The zero-order valence-electron chi connectivity index (χ0n) is 23.2. The first-order valence-corrected chi connectivity index (χ1v) is 14.0. The van der Waals surface area contributed by atoms with Gasteiger partial charge < -0.3 is 30.1 Å². The van der Waals surface area contributed by atoms with Crippen molar-refractivity contribution >= 4 is 41.4 Å². The van der Waals surface area contributed by atoms with Crippen molar-refractivity contribution in [2.75, 3.05) is 37.6 Å². The molecule has 0 heterocycles. The summed E-state index contributed by atoms with van der Waals surface area (Å²) < 4.78 is 10.6. The van der Waals surface area contributed by atoms with Crippen molar-refractivity contribution in [3.63, 3.8) is 0 Å². The van der Waals surface area contributed by atoms with Crippen LogP contribution in [0.3, 0.4) is 0 Å². The van der Waals surface area contributed by atoms with Crippen LogP contribution in [0.4, 0.5) is 10.5 Å². The molecule has 0 saturated heterocycles. The highest BCUT2D eigenvalue weighted by Crippen LogP contribution is 2.26. The summed E-state index contributed by atoms with van der Waals surface area (Å²) in [5, 5.41) is 15.5. The number of nitrogens with one attached hydrogen (secondary N) is 2. The van der Waals surface area contributed by atoms with E-state index in [9.17, 15) is 19.5 Å². The van der Waals surface area contributed by atoms with Crippen molar-refractivity contribution in [1.82, 2.24) is 10.2 Å². The van der Waals surface area contributed by atoms with Gasteiger partial charge in [-0.1, -0.05) is 30.9 Å². The highest BCUT2D eigenvalue weighted by Gasteiger charge is 2.36. The standard InChI is InChI=1S/C29H39N3O6S/c1-7-20-9-8-10-21(19-20)25(26(34)30-22-11-13-23(37-5)14-12-22)32(16-17-33)27(35)24(15-18-39-6)31-28(36)38-29(2,3)4/h7-14,19,24-25,33H,1,15-18H2,2-6H3,(H,30,34)(H,31,36). The van der Waals surface area contributed by atoms with E-state index in [2.05, 4.69) is 17.2 Å². The van der Waals surface area contributed by atoms with Crippen LogP contribution in [-0.2, 0) is 14.3 Å². The molecule has 2 aromatic rings. The van der Waals surface area contributed by atoms with Gasteiger partial charge in [-0.15, -0.1) is 0 Å². The molecule has 0 bridgehead atoms. The van der Waals surface area contributed by atoms with Crippen molar-refractivity contribution in [2.24, 2.45) is 0 Å². The molecule has 2 aromatic carbocycles. The molecule has 9 nitrogen and oxygen atoms in total. The molecule has 3 amide bonds. The molecule has 0 fully saturated rings. The summed E-state index contributed by atoms with van der Waals surface area (Å²) in [6.45, 7) is 8.48. The molecule has 2 atom stereocenters. The summed E-state index contributed by atoms with van der Waals surface area (Å²) in [7, 11) is 1.55. The molecular formula is C29H39N3O6S. The van der Waals surface area contributed by atoms with Gasteiger partial charge in [-0.25, -0.2) is 4.79 Å². The molecule has 0 spiro atoms. The van der Waals surface area contributed by atoms with Crippen molar-refractivity contribution in [3.8, 4) is 5.75 Å². The highest BCUT2D eigenvalue weighted by molar-refractivity contribution is 7.98. The largest absolute Gasteiger partial charge is 0.497 e. The van der Waals surface area contributed by atoms with Crippen LogP contribution in [-0.4, -0.2) is 71.8 Å². The number of aliphatic hydroxyl groups excluding tert-OH is 1. The number of thioether (sulfide) groups is 1. The normalized spacial score (nSPS) is 12.6. The second-order valence-corrected chi connectivity index (χ2v) is 10.7. The minimum absolute atomic E-state index is 0.135. The van der Waals surface area contributed by atoms with Gasteiger partial charge in [0, 0.05) is 12.2 Å². The van der Waals surface area contributed by atoms with Crippen molar-refractivity contribution < 1.29 is 29.0 Å². The van der Waals surface area contributed by atoms with Crippen LogP contribution in [0.25, 0.3) is 6.08 Å². The molecule has 2 unspecified atom stereocenters. The third-order valence-corrected chi connectivity index (χ3v) is 6.25. The van der Waals surface area contributed by atoms with Crippen LogP contribution in [0.1, 0.15) is 44.4 Å². The number of alkyl carbamates (subject to hydrolysis) is 1. The number of carbonyl (C=O) groups excluding carboxylic acids is 3. The Morgan fingerprint density at radius 1 is 1.15 bits per heavy atom. The Kier molecular flexibility index (Phi) is 12.3. The van der Waals surface area contributed by atoms with Crippen LogP contribution in [0, 0.1) is 0 Å². The maximum absolute atomic E-state index is 14.0. The van der Waals surface area contributed by atoms with Gasteiger partial charge in [-0.05, 0) is 80.7 Å². The summed E-state index contributed by atoms with van der Waals surface area (Å²) in [6, 6.07) is 11.8. The van der Waals surface area contributed by atoms with E-state index in [1.54, 1.807) is 76.4 Å². The minimum Gasteiger partial charge on any atom is -0.497 e. The maximum Gasteiger partial charge on any atom is 0.408 e. The van der Waals surface area contributed by atoms with Crippen LogP contribution >= 0.6 is 11.8 Å². The van der Waals surface area contributed by atoms with Gasteiger partial charge >= 0.3 is 6.09 Å². The fraction of sp³-hybridized carbons (Fsp3) is 0.414. The fourth-order valence-corrected chi connectivity index (χ4v) is 4.30. The summed E-state index contributed by atoms with van der Waals surface area (Å²) in [5.41, 5.74) is 1.04. The zero-order valence-corrected chi connectivity index (χ0v) is 24.0. The number of anilines is 1. The number of aliphatic hydroxyl groups is 1. The molecule has 0 aliphatic heterocycles. The lowest BCUT2D eigenvalue weighted by Gasteiger charge is -2.34. The lowest BCUT2D eigenvalue weighted by Crippen LogP contribution is -2.53. The van der Waals surface area contributed by atoms with Gasteiger partial charge in [0.15, 0.2) is 0 Å². The Bertz CT molecular complexity index is 1120. The number of ether oxygens (including phenoxy) is 2. The molecule has 0 aliphatic rings. The van der Waals surface area contributed by atoms with Gasteiger partial charge in [0.1, 0.15) is 23.4 Å². The third-order valence-electron chi connectivity index (χ3n) is 5.60. The number of carbonyl (C=O) groups is 3. The average molecular weight is 558 g/mol. The molecule has 0 aromatic heterocycles. The predicted molar refractivity (Wildman–Crippen MR) is 156 cm³/mol. The van der Waals surface area contributed by atoms with E-state index >= 15 is 0 Å². The van der Waals surface area contributed by atoms with Gasteiger partial charge in [-0.3, -0.25) is 9.59 Å². The lowest BCUT2D eigenvalue weighted by atomic mass is 10.00. The van der Waals surface area contributed by atoms with Gasteiger partial charge in [0.05, 0.1) is 13.7 Å². The molecule has 212 valence electrons. The molecule has 2 rings (SSSR count). The Morgan fingerprint density at radius 3 is 2.41 bits per heavy atom. The number of amides is 3. The van der Waals surface area contributed by atoms with E-state index in [-0.39, 0.29) is 13.2 Å². The molecule has 10 heteroatoms. The molecule has 39 heavy (non-hydrogen) atoms. The van der Waals surface area contributed by atoms with Crippen molar-refractivity contribution in [3.05, 3.63) is 66.2 Å². The fourth-order valence-electron chi connectivity index (χ4n) is 3.83. The molecule has 0 aliphatic carbocycles. The summed E-state index contributed by atoms with van der Waals surface area (Å²) in [6.07, 6.45) is 3.11. The number of benzene rings is 2. The lowest BCUT2D eigenvalue weighted by molar-refractivity contribution is -0.141. The zero-order chi connectivity index (χ0) is 29.0. The van der Waals surface area contributed by atoms with E-state index in [0.29, 0.717) is 29.2 Å². The maximum atomic E-state index is 14.0. The van der Waals surface area contributed by atoms with E-state index in [1.165, 1.54) is 16.7 Å². The first kappa shape index (κ1) is 31.7. The van der Waals surface area contributed by atoms with E-state index in [4.69, 9.17) is 9.47 Å². The monoisotopic (exact) mass is 557 g/mol. The van der Waals surface area contributed by atoms with Gasteiger partial charge in [0.25, 0.3) is 5.91 Å². The topological polar surface area (TPSA) is 117 Å². The smallest absolute Gasteiger partial charge is 0.408 e. The quantitative estimate of drug-likeness (QED) is 0.332. The predicted octanol–water partition coefficient (Wildman–Crippen LogP) is 4.49. The van der Waals surface area contributed by atoms with Crippen LogP contribution in [0.5, 0.6) is 5.75 Å². The first-order valence-electron chi connectivity index (χ1n) is 12.6. The van der Waals surface area contributed by atoms with Crippen LogP contribution < -0.4 is 15.4 Å². The number of nitrogens with zero attached hydrogens (tertiary/aromatic N) is 1. The molecule has 0 saturated carbocycles. The highest BCUT2D eigenvalue weighted by atomic mass is 32.2. The average Bonchev–Trinajstić information content (AvgIpc) is 2.90. The second kappa shape index (κ2) is 15.2. The number of rotatable bonds is 13. The Balaban J connectivity index is 2.50. The SMILES string of the molecule is C=Cc1cccc(C(C(=O)Nc2ccc(OC)cc2)N(CCO)C(=O)C(CCSC)NC(=O)OC(C)(C)C)c1. The summed E-state index contributed by atoms with van der Waals surface area (Å²) in [5.74, 6) is 0.213. The van der Waals surface area contributed by atoms with E-state index < -0.39 is 35.6 Å². The molecule has 0 radical (unpaired) electrons. The summed E-state index contributed by atoms with van der Waals surface area (Å²) >= 11 is 1.52. The van der Waals surface area contributed by atoms with Gasteiger partial charge in [-0.2, -0.15) is 11.8 Å². The summed E-state index contributed by atoms with van der Waals surface area (Å²) in [4.78, 5) is 41.6. The second-order valence-electron chi connectivity index (χ2n) is 9.73. The Morgan fingerprint density at radius 2 is 1.85 bits per heavy atom. The van der Waals surface area contributed by atoms with Crippen molar-refractivity contribution in [2.45, 2.75) is 44.9 Å².